The van der Waals surface area contributed by atoms with Crippen molar-refractivity contribution in [2.75, 3.05) is 29.0 Å². The van der Waals surface area contributed by atoms with E-state index in [-0.39, 0.29) is 6.03 Å². The van der Waals surface area contributed by atoms with Gasteiger partial charge in [-0.1, -0.05) is 18.2 Å². The first kappa shape index (κ1) is 18.8. The van der Waals surface area contributed by atoms with Crippen molar-refractivity contribution in [2.45, 2.75) is 12.5 Å². The van der Waals surface area contributed by atoms with Gasteiger partial charge in [0.2, 0.25) is 0 Å². The summed E-state index contributed by atoms with van der Waals surface area (Å²) in [5.74, 6) is 1.48. The molecule has 0 spiro atoms. The second-order valence-electron chi connectivity index (χ2n) is 6.92. The van der Waals surface area contributed by atoms with Gasteiger partial charge in [0.25, 0.3) is 0 Å². The van der Waals surface area contributed by atoms with Crippen LogP contribution in [0.25, 0.3) is 0 Å². The maximum Gasteiger partial charge on any atom is 0.323 e. The Hall–Kier alpha value is -3.51. The van der Waals surface area contributed by atoms with Gasteiger partial charge < -0.3 is 26.0 Å². The fourth-order valence-corrected chi connectivity index (χ4v) is 2.96. The molecule has 0 unspecified atom stereocenters. The zero-order chi connectivity index (χ0) is 19.9. The second-order valence-corrected chi connectivity index (χ2v) is 6.92. The molecule has 4 N–H and O–H groups in total. The molecule has 1 heterocycles. The molecule has 1 aliphatic rings. The summed E-state index contributed by atoms with van der Waals surface area (Å²) in [5, 5.41) is 12.4. The van der Waals surface area contributed by atoms with Gasteiger partial charge in [0.15, 0.2) is 0 Å². The first-order chi connectivity index (χ1) is 14.2. The van der Waals surface area contributed by atoms with E-state index >= 15 is 0 Å². The van der Waals surface area contributed by atoms with Gasteiger partial charge in [0.1, 0.15) is 11.5 Å². The van der Waals surface area contributed by atoms with Crippen LogP contribution in [0.15, 0.2) is 78.9 Å². The molecule has 6 heteroatoms. The first-order valence-corrected chi connectivity index (χ1v) is 9.73. The summed E-state index contributed by atoms with van der Waals surface area (Å²) in [4.78, 5) is 12.2. The van der Waals surface area contributed by atoms with E-state index in [1.54, 1.807) is 12.1 Å². The zero-order valence-corrected chi connectivity index (χ0v) is 16.0. The number of urea groups is 1. The third-order valence-electron chi connectivity index (χ3n) is 4.71. The molecule has 2 amide bonds. The average Bonchev–Trinajstić information content (AvgIpc) is 2.70. The van der Waals surface area contributed by atoms with E-state index in [9.17, 15) is 4.79 Å². The van der Waals surface area contributed by atoms with Crippen LogP contribution in [-0.2, 0) is 0 Å². The van der Waals surface area contributed by atoms with E-state index in [1.165, 1.54) is 6.42 Å². The molecule has 1 aliphatic heterocycles. The molecule has 3 aromatic rings. The standard InChI is InChI=1S/C23H24N4O2/c28-23(26-18-8-6-17(7-9-18)25-16-20-14-15-24-20)27-19-10-12-22(13-11-19)29-21-4-2-1-3-5-21/h1-13,20,24-25H,14-16H2,(H2,26,27,28)/t20-/m1/s1. The van der Waals surface area contributed by atoms with Crippen molar-refractivity contribution >= 4 is 23.1 Å². The molecule has 0 aliphatic carbocycles. The fourth-order valence-electron chi connectivity index (χ4n) is 2.96. The Bertz CT molecular complexity index is 923. The van der Waals surface area contributed by atoms with Crippen LogP contribution in [0.4, 0.5) is 21.9 Å². The van der Waals surface area contributed by atoms with Crippen LogP contribution in [0, 0.1) is 0 Å². The normalized spacial score (nSPS) is 15.1. The van der Waals surface area contributed by atoms with Gasteiger partial charge in [-0.2, -0.15) is 0 Å². The van der Waals surface area contributed by atoms with E-state index < -0.39 is 0 Å². The molecule has 148 valence electrons. The molecule has 1 fully saturated rings. The molecular weight excluding hydrogens is 364 g/mol. The van der Waals surface area contributed by atoms with Crippen molar-refractivity contribution in [1.29, 1.82) is 0 Å². The van der Waals surface area contributed by atoms with Gasteiger partial charge in [-0.05, 0) is 73.6 Å². The Morgan fingerprint density at radius 2 is 1.38 bits per heavy atom. The highest BCUT2D eigenvalue weighted by atomic mass is 16.5. The predicted molar refractivity (Wildman–Crippen MR) is 117 cm³/mol. The minimum atomic E-state index is -0.291. The van der Waals surface area contributed by atoms with Crippen molar-refractivity contribution in [3.05, 3.63) is 78.9 Å². The smallest absolute Gasteiger partial charge is 0.323 e. The molecule has 0 aromatic heterocycles. The Balaban J connectivity index is 1.25. The number of ether oxygens (including phenoxy) is 1. The van der Waals surface area contributed by atoms with Crippen LogP contribution in [-0.4, -0.2) is 25.2 Å². The topological polar surface area (TPSA) is 74.4 Å². The van der Waals surface area contributed by atoms with E-state index in [0.29, 0.717) is 17.5 Å². The maximum atomic E-state index is 12.2. The Morgan fingerprint density at radius 3 is 1.97 bits per heavy atom. The van der Waals surface area contributed by atoms with Crippen molar-refractivity contribution < 1.29 is 9.53 Å². The summed E-state index contributed by atoms with van der Waals surface area (Å²) in [6.07, 6.45) is 1.21. The van der Waals surface area contributed by atoms with Gasteiger partial charge in [-0.3, -0.25) is 0 Å². The molecule has 0 bridgehead atoms. The quantitative estimate of drug-likeness (QED) is 0.465. The van der Waals surface area contributed by atoms with Crippen molar-refractivity contribution in [3.63, 3.8) is 0 Å². The highest BCUT2D eigenvalue weighted by molar-refractivity contribution is 5.99. The zero-order valence-electron chi connectivity index (χ0n) is 16.0. The minimum absolute atomic E-state index is 0.291. The predicted octanol–water partition coefficient (Wildman–Crippen LogP) is 4.90. The number of para-hydroxylation sites is 1. The average molecular weight is 388 g/mol. The molecule has 4 rings (SSSR count). The largest absolute Gasteiger partial charge is 0.457 e. The summed E-state index contributed by atoms with van der Waals surface area (Å²) in [5.41, 5.74) is 2.46. The Labute approximate surface area is 170 Å². The van der Waals surface area contributed by atoms with Crippen LogP contribution in [0.3, 0.4) is 0 Å². The summed E-state index contributed by atoms with van der Waals surface area (Å²) in [7, 11) is 0. The number of anilines is 3. The van der Waals surface area contributed by atoms with Crippen LogP contribution in [0.5, 0.6) is 11.5 Å². The third-order valence-corrected chi connectivity index (χ3v) is 4.71. The lowest BCUT2D eigenvalue weighted by molar-refractivity contribution is 0.262. The number of carbonyl (C=O) groups is 1. The Morgan fingerprint density at radius 1 is 0.828 bits per heavy atom. The molecule has 1 saturated heterocycles. The first-order valence-electron chi connectivity index (χ1n) is 9.73. The lowest BCUT2D eigenvalue weighted by atomic mass is 10.1. The van der Waals surface area contributed by atoms with E-state index in [2.05, 4.69) is 21.3 Å². The molecule has 6 nitrogen and oxygen atoms in total. The monoisotopic (exact) mass is 388 g/mol. The lowest BCUT2D eigenvalue weighted by Crippen LogP contribution is -2.47. The van der Waals surface area contributed by atoms with Gasteiger partial charge in [0, 0.05) is 29.6 Å². The lowest BCUT2D eigenvalue weighted by Gasteiger charge is -2.28. The van der Waals surface area contributed by atoms with E-state index in [0.717, 1.165) is 30.2 Å². The summed E-state index contributed by atoms with van der Waals surface area (Å²) in [6, 6.07) is 24.8. The SMILES string of the molecule is O=C(Nc1ccc(NC[C@H]2CCN2)cc1)Nc1ccc(Oc2ccccc2)cc1. The third kappa shape index (κ3) is 5.49. The summed E-state index contributed by atoms with van der Waals surface area (Å²) < 4.78 is 5.75. The number of amides is 2. The number of nitrogens with one attached hydrogen (secondary N) is 4. The number of carbonyl (C=O) groups excluding carboxylic acids is 1. The summed E-state index contributed by atoms with van der Waals surface area (Å²) >= 11 is 0. The second kappa shape index (κ2) is 9.12. The van der Waals surface area contributed by atoms with Crippen LogP contribution < -0.4 is 26.0 Å². The molecule has 0 saturated carbocycles. The fraction of sp³-hybridized carbons (Fsp3) is 0.174. The highest BCUT2D eigenvalue weighted by Gasteiger charge is 2.15. The molecular formula is C23H24N4O2. The Kier molecular flexibility index (Phi) is 5.92. The summed E-state index contributed by atoms with van der Waals surface area (Å²) in [6.45, 7) is 2.02. The van der Waals surface area contributed by atoms with Crippen molar-refractivity contribution in [3.8, 4) is 11.5 Å². The molecule has 3 aromatic carbocycles. The van der Waals surface area contributed by atoms with E-state index in [4.69, 9.17) is 4.74 Å². The number of hydrogen-bond donors (Lipinski definition) is 4. The minimum Gasteiger partial charge on any atom is -0.457 e. The van der Waals surface area contributed by atoms with Gasteiger partial charge in [-0.15, -0.1) is 0 Å². The van der Waals surface area contributed by atoms with Crippen LogP contribution in [0.2, 0.25) is 0 Å². The van der Waals surface area contributed by atoms with Gasteiger partial charge in [-0.25, -0.2) is 4.79 Å². The highest BCUT2D eigenvalue weighted by Crippen LogP contribution is 2.23. The number of hydrogen-bond acceptors (Lipinski definition) is 4. The van der Waals surface area contributed by atoms with Crippen LogP contribution in [0.1, 0.15) is 6.42 Å². The van der Waals surface area contributed by atoms with Crippen molar-refractivity contribution in [2.24, 2.45) is 0 Å². The molecule has 1 atom stereocenters. The van der Waals surface area contributed by atoms with Gasteiger partial charge >= 0.3 is 6.03 Å². The maximum absolute atomic E-state index is 12.2. The van der Waals surface area contributed by atoms with E-state index in [1.807, 2.05) is 66.7 Å². The van der Waals surface area contributed by atoms with Crippen LogP contribution >= 0.6 is 0 Å². The molecule has 0 radical (unpaired) electrons. The number of benzene rings is 3. The van der Waals surface area contributed by atoms with Crippen molar-refractivity contribution in [1.82, 2.24) is 5.32 Å². The number of rotatable bonds is 7. The molecule has 29 heavy (non-hydrogen) atoms. The van der Waals surface area contributed by atoms with Gasteiger partial charge in [0.05, 0.1) is 0 Å².